The molecule has 0 unspecified atom stereocenters. The smallest absolute Gasteiger partial charge is 0.408 e. The molecular weight excluding hydrogens is 391 g/mol. The van der Waals surface area contributed by atoms with E-state index in [1.54, 1.807) is 12.1 Å². The predicted octanol–water partition coefficient (Wildman–Crippen LogP) is 5.13. The molecule has 7 nitrogen and oxygen atoms in total. The van der Waals surface area contributed by atoms with Crippen molar-refractivity contribution >= 4 is 19.1 Å². The maximum Gasteiger partial charge on any atom is 0.408 e. The van der Waals surface area contributed by atoms with E-state index in [9.17, 15) is 14.5 Å². The van der Waals surface area contributed by atoms with E-state index in [1.165, 1.54) is 4.90 Å². The van der Waals surface area contributed by atoms with E-state index in [-0.39, 0.29) is 12.0 Å². The topological polar surface area (TPSA) is 89.0 Å². The molecule has 1 aliphatic rings. The summed E-state index contributed by atoms with van der Waals surface area (Å²) in [6, 6.07) is 3.44. The van der Waals surface area contributed by atoms with Crippen LogP contribution in [0.1, 0.15) is 79.5 Å². The summed E-state index contributed by atoms with van der Waals surface area (Å²) in [4.78, 5) is 18.1. The summed E-state index contributed by atoms with van der Waals surface area (Å²) >= 11 is 0. The number of amides is 1. The van der Waals surface area contributed by atoms with Crippen LogP contribution in [0.25, 0.3) is 0 Å². The summed E-state index contributed by atoms with van der Waals surface area (Å²) in [6.07, 6.45) is 0.896. The van der Waals surface area contributed by atoms with Crippen LogP contribution in [0.3, 0.4) is 0 Å². The number of hydrogen-bond donors (Lipinski definition) is 1. The van der Waals surface area contributed by atoms with Gasteiger partial charge in [-0.1, -0.05) is 19.9 Å². The highest BCUT2D eigenvalue weighted by Crippen LogP contribution is 2.53. The van der Waals surface area contributed by atoms with Gasteiger partial charge in [0, 0.05) is 12.1 Å². The van der Waals surface area contributed by atoms with Crippen LogP contribution < -0.4 is 5.44 Å². The Morgan fingerprint density at radius 2 is 1.66 bits per heavy atom. The molecule has 2 rings (SSSR count). The first kappa shape index (κ1) is 23.8. The number of rotatable bonds is 5. The predicted molar refractivity (Wildman–Crippen MR) is 114 cm³/mol. The highest BCUT2D eigenvalue weighted by atomic mass is 31.2. The summed E-state index contributed by atoms with van der Waals surface area (Å²) < 4.78 is 25.6. The average Bonchev–Trinajstić information content (AvgIpc) is 2.56. The van der Waals surface area contributed by atoms with Gasteiger partial charge in [0.05, 0.1) is 23.3 Å². The summed E-state index contributed by atoms with van der Waals surface area (Å²) in [5.74, 6) is 0. The van der Waals surface area contributed by atoms with Gasteiger partial charge >= 0.3 is 13.7 Å². The number of hydrogen-bond acceptors (Lipinski definition) is 5. The Bertz CT molecular complexity index is 786. The Labute approximate surface area is 174 Å². The van der Waals surface area contributed by atoms with Crippen molar-refractivity contribution < 1.29 is 23.5 Å². The Morgan fingerprint density at radius 3 is 2.07 bits per heavy atom. The first-order valence-corrected chi connectivity index (χ1v) is 11.7. The molecule has 164 valence electrons. The second-order valence-corrected chi connectivity index (χ2v) is 11.5. The van der Waals surface area contributed by atoms with Gasteiger partial charge in [-0.3, -0.25) is 18.5 Å². The zero-order chi connectivity index (χ0) is 22.3. The fourth-order valence-corrected chi connectivity index (χ4v) is 5.87. The zero-order valence-corrected chi connectivity index (χ0v) is 19.8. The van der Waals surface area contributed by atoms with Crippen LogP contribution in [0, 0.1) is 0 Å². The molecule has 1 N–H and O–H groups in total. The van der Waals surface area contributed by atoms with Crippen molar-refractivity contribution in [1.29, 1.82) is 0 Å². The summed E-state index contributed by atoms with van der Waals surface area (Å²) in [5.41, 5.74) is -0.0365. The molecule has 1 aromatic rings. The summed E-state index contributed by atoms with van der Waals surface area (Å²) in [5, 5.41) is 9.72. The molecule has 0 spiro atoms. The van der Waals surface area contributed by atoms with E-state index in [1.807, 2.05) is 55.4 Å². The molecule has 0 fully saturated rings. The standard InChI is InChI=1S/C21H35N2O5P/c1-9-21(10-2)13-16-15(14-23(21)18(24)25)11-12-17(22-16)29(26,27-19(3,4)5)28-20(6,7)8/h11-12H,9-10,13-14H2,1-8H3,(H,24,25). The van der Waals surface area contributed by atoms with E-state index >= 15 is 0 Å². The molecule has 8 heteroatoms. The van der Waals surface area contributed by atoms with Gasteiger partial charge in [0.25, 0.3) is 0 Å². The quantitative estimate of drug-likeness (QED) is 0.657. The Hall–Kier alpha value is -1.43. The normalized spacial score (nSPS) is 17.2. The number of carbonyl (C=O) groups is 1. The molecule has 0 saturated carbocycles. The first-order chi connectivity index (χ1) is 13.1. The lowest BCUT2D eigenvalue weighted by Crippen LogP contribution is -2.54. The molecule has 0 bridgehead atoms. The second kappa shape index (κ2) is 8.01. The lowest BCUT2D eigenvalue weighted by molar-refractivity contribution is 0.0512. The highest BCUT2D eigenvalue weighted by molar-refractivity contribution is 7.62. The Morgan fingerprint density at radius 1 is 1.14 bits per heavy atom. The lowest BCUT2D eigenvalue weighted by Gasteiger charge is -2.45. The van der Waals surface area contributed by atoms with Crippen molar-refractivity contribution in [2.45, 2.75) is 97.9 Å². The lowest BCUT2D eigenvalue weighted by atomic mass is 9.81. The minimum Gasteiger partial charge on any atom is -0.465 e. The van der Waals surface area contributed by atoms with Crippen LogP contribution in [0.15, 0.2) is 12.1 Å². The van der Waals surface area contributed by atoms with Crippen molar-refractivity contribution in [3.8, 4) is 0 Å². The van der Waals surface area contributed by atoms with E-state index < -0.39 is 30.4 Å². The van der Waals surface area contributed by atoms with Gasteiger partial charge in [-0.25, -0.2) is 9.78 Å². The third-order valence-electron chi connectivity index (χ3n) is 5.07. The fraction of sp³-hybridized carbons (Fsp3) is 0.714. The minimum atomic E-state index is -3.70. The Kier molecular flexibility index (Phi) is 6.59. The third-order valence-corrected chi connectivity index (χ3v) is 7.45. The molecule has 0 atom stereocenters. The maximum atomic E-state index is 13.8. The number of nitrogens with zero attached hydrogens (tertiary/aromatic N) is 2. The minimum absolute atomic E-state index is 0.268. The van der Waals surface area contributed by atoms with Gasteiger partial charge in [0.1, 0.15) is 0 Å². The molecule has 0 radical (unpaired) electrons. The monoisotopic (exact) mass is 426 g/mol. The second-order valence-electron chi connectivity index (χ2n) is 9.66. The van der Waals surface area contributed by atoms with Crippen LogP contribution >= 0.6 is 7.60 Å². The SMILES string of the molecule is CCC1(CC)Cc2nc(P(=O)(OC(C)(C)C)OC(C)(C)C)ccc2CN1C(=O)O. The molecule has 0 saturated heterocycles. The Balaban J connectivity index is 2.55. The molecule has 1 aromatic heterocycles. The van der Waals surface area contributed by atoms with Gasteiger partial charge in [-0.05, 0) is 66.0 Å². The number of fused-ring (bicyclic) bond motifs is 1. The number of carboxylic acid groups (broad SMARTS) is 1. The molecule has 2 heterocycles. The average molecular weight is 426 g/mol. The molecular formula is C21H35N2O5P. The first-order valence-electron chi connectivity index (χ1n) is 10.2. The number of pyridine rings is 1. The molecule has 1 aliphatic heterocycles. The third kappa shape index (κ3) is 5.39. The highest BCUT2D eigenvalue weighted by Gasteiger charge is 2.43. The molecule has 1 amide bonds. The van der Waals surface area contributed by atoms with Gasteiger partial charge < -0.3 is 5.11 Å². The van der Waals surface area contributed by atoms with Crippen LogP contribution in [0.4, 0.5) is 4.79 Å². The summed E-state index contributed by atoms with van der Waals surface area (Å²) in [6.45, 7) is 15.2. The molecule has 29 heavy (non-hydrogen) atoms. The van der Waals surface area contributed by atoms with Crippen LogP contribution in [0.2, 0.25) is 0 Å². The van der Waals surface area contributed by atoms with Gasteiger partial charge in [-0.15, -0.1) is 0 Å². The summed E-state index contributed by atoms with van der Waals surface area (Å²) in [7, 11) is -3.70. The van der Waals surface area contributed by atoms with E-state index in [0.29, 0.717) is 19.3 Å². The fourth-order valence-electron chi connectivity index (χ4n) is 3.70. The zero-order valence-electron chi connectivity index (χ0n) is 18.9. The van der Waals surface area contributed by atoms with Crippen molar-refractivity contribution in [2.75, 3.05) is 0 Å². The van der Waals surface area contributed by atoms with Crippen molar-refractivity contribution in [3.05, 3.63) is 23.4 Å². The van der Waals surface area contributed by atoms with Crippen LogP contribution in [-0.2, 0) is 26.6 Å². The van der Waals surface area contributed by atoms with Crippen molar-refractivity contribution in [2.24, 2.45) is 0 Å². The largest absolute Gasteiger partial charge is 0.465 e. The van der Waals surface area contributed by atoms with Gasteiger partial charge in [-0.2, -0.15) is 0 Å². The molecule has 0 aromatic carbocycles. The van der Waals surface area contributed by atoms with Gasteiger partial charge in [0.15, 0.2) is 5.44 Å². The van der Waals surface area contributed by atoms with Crippen LogP contribution in [0.5, 0.6) is 0 Å². The van der Waals surface area contributed by atoms with Crippen molar-refractivity contribution in [3.63, 3.8) is 0 Å². The number of aromatic nitrogens is 1. The van der Waals surface area contributed by atoms with E-state index in [4.69, 9.17) is 14.0 Å². The maximum absolute atomic E-state index is 13.8. The van der Waals surface area contributed by atoms with E-state index in [2.05, 4.69) is 0 Å². The van der Waals surface area contributed by atoms with Gasteiger partial charge in [0.2, 0.25) is 0 Å². The van der Waals surface area contributed by atoms with E-state index in [0.717, 1.165) is 11.3 Å². The van der Waals surface area contributed by atoms with Crippen molar-refractivity contribution in [1.82, 2.24) is 9.88 Å². The molecule has 0 aliphatic carbocycles. The van der Waals surface area contributed by atoms with Crippen LogP contribution in [-0.4, -0.2) is 37.8 Å².